The summed E-state index contributed by atoms with van der Waals surface area (Å²) in [6.07, 6.45) is 6.37. The van der Waals surface area contributed by atoms with E-state index >= 15 is 0 Å². The standard InChI is InChI=1S/C22H18O4.C15H14O2.C8H12O.C2H6/c1-15-3-7-17(8-4-15)21(23)25-19-11-13-20(14-12-19)26-22(24)18-9-5-16(2)6-10-18;1-11-3-7-13(8-4-11)15(16)17-14-9-5-12(2)6-10-14;1-7-3-5-8(9-2)6-4-7;1-2/h3-14H,1-2H3;3-10H,1-2H3;3,5H,4,6H2,1-2H3;1-2H3. The number of esters is 3. The van der Waals surface area contributed by atoms with Gasteiger partial charge in [0.1, 0.15) is 17.2 Å². The van der Waals surface area contributed by atoms with Gasteiger partial charge in [0.2, 0.25) is 0 Å². The molecular weight excluding hydrogens is 677 g/mol. The summed E-state index contributed by atoms with van der Waals surface area (Å²) >= 11 is 0. The largest absolute Gasteiger partial charge is 0.501 e. The Bertz CT molecular complexity index is 1910. The third kappa shape index (κ3) is 14.4. The van der Waals surface area contributed by atoms with E-state index in [9.17, 15) is 14.4 Å². The van der Waals surface area contributed by atoms with Gasteiger partial charge < -0.3 is 18.9 Å². The van der Waals surface area contributed by atoms with Crippen LogP contribution < -0.4 is 14.2 Å². The predicted molar refractivity (Wildman–Crippen MR) is 215 cm³/mol. The van der Waals surface area contributed by atoms with Gasteiger partial charge in [-0.1, -0.05) is 96.3 Å². The van der Waals surface area contributed by atoms with E-state index in [1.807, 2.05) is 96.1 Å². The Morgan fingerprint density at radius 1 is 0.407 bits per heavy atom. The second-order valence-corrected chi connectivity index (χ2v) is 12.4. The normalized spacial score (nSPS) is 11.3. The molecule has 1 aliphatic rings. The van der Waals surface area contributed by atoms with E-state index in [0.29, 0.717) is 33.9 Å². The van der Waals surface area contributed by atoms with Gasteiger partial charge in [-0.2, -0.15) is 0 Å². The van der Waals surface area contributed by atoms with Gasteiger partial charge in [-0.05, 0) is 120 Å². The van der Waals surface area contributed by atoms with Crippen LogP contribution in [-0.2, 0) is 4.74 Å². The topological polar surface area (TPSA) is 88.1 Å². The first-order valence-corrected chi connectivity index (χ1v) is 17.9. The van der Waals surface area contributed by atoms with Gasteiger partial charge in [0.15, 0.2) is 0 Å². The molecule has 7 heteroatoms. The molecule has 0 aromatic heterocycles. The van der Waals surface area contributed by atoms with Crippen LogP contribution in [-0.4, -0.2) is 25.0 Å². The summed E-state index contributed by atoms with van der Waals surface area (Å²) in [6, 6.07) is 35.4. The Morgan fingerprint density at radius 3 is 0.944 bits per heavy atom. The number of carbonyl (C=O) groups is 3. The number of hydrogen-bond donors (Lipinski definition) is 0. The maximum absolute atomic E-state index is 12.1. The molecule has 0 radical (unpaired) electrons. The van der Waals surface area contributed by atoms with Crippen molar-refractivity contribution >= 4 is 17.9 Å². The Kier molecular flexibility index (Phi) is 17.2. The van der Waals surface area contributed by atoms with Gasteiger partial charge >= 0.3 is 17.9 Å². The summed E-state index contributed by atoms with van der Waals surface area (Å²) in [4.78, 5) is 36.0. The second-order valence-electron chi connectivity index (χ2n) is 12.4. The molecule has 0 heterocycles. The summed E-state index contributed by atoms with van der Waals surface area (Å²) in [7, 11) is 1.72. The third-order valence-corrected chi connectivity index (χ3v) is 7.92. The molecule has 5 aromatic carbocycles. The van der Waals surface area contributed by atoms with Crippen molar-refractivity contribution in [1.29, 1.82) is 0 Å². The molecule has 0 fully saturated rings. The Balaban J connectivity index is 0.000000239. The molecule has 0 bridgehead atoms. The maximum atomic E-state index is 12.1. The zero-order chi connectivity index (χ0) is 39.5. The number of aryl methyl sites for hydroxylation is 4. The minimum absolute atomic E-state index is 0.325. The summed E-state index contributed by atoms with van der Waals surface area (Å²) in [6.45, 7) is 14.0. The van der Waals surface area contributed by atoms with Crippen molar-refractivity contribution in [1.82, 2.24) is 0 Å². The number of hydrogen-bond acceptors (Lipinski definition) is 7. The van der Waals surface area contributed by atoms with Crippen molar-refractivity contribution in [3.8, 4) is 17.2 Å². The fourth-order valence-electron chi connectivity index (χ4n) is 4.64. The average Bonchev–Trinajstić information content (AvgIpc) is 3.19. The molecule has 0 spiro atoms. The number of allylic oxidation sites excluding steroid dienone is 4. The van der Waals surface area contributed by atoms with Crippen molar-refractivity contribution < 1.29 is 33.3 Å². The minimum Gasteiger partial charge on any atom is -0.501 e. The fourth-order valence-corrected chi connectivity index (χ4v) is 4.64. The molecular formula is C47H50O7. The zero-order valence-electron chi connectivity index (χ0n) is 32.5. The second kappa shape index (κ2) is 22.0. The fraction of sp³-hybridized carbons (Fsp3) is 0.213. The van der Waals surface area contributed by atoms with Crippen LogP contribution in [0.15, 0.2) is 145 Å². The maximum Gasteiger partial charge on any atom is 0.343 e. The van der Waals surface area contributed by atoms with Gasteiger partial charge in [0.25, 0.3) is 0 Å². The van der Waals surface area contributed by atoms with Gasteiger partial charge in [-0.3, -0.25) is 0 Å². The van der Waals surface area contributed by atoms with E-state index in [1.54, 1.807) is 79.9 Å². The molecule has 0 saturated carbocycles. The van der Waals surface area contributed by atoms with E-state index in [0.717, 1.165) is 40.9 Å². The van der Waals surface area contributed by atoms with Gasteiger partial charge in [-0.15, -0.1) is 0 Å². The third-order valence-electron chi connectivity index (χ3n) is 7.92. The van der Waals surface area contributed by atoms with Crippen LogP contribution in [0.4, 0.5) is 0 Å². The molecule has 1 aliphatic carbocycles. The molecule has 5 aromatic rings. The van der Waals surface area contributed by atoms with Gasteiger partial charge in [0.05, 0.1) is 29.6 Å². The molecule has 0 unspecified atom stereocenters. The number of benzene rings is 5. The lowest BCUT2D eigenvalue weighted by Crippen LogP contribution is -2.09. The number of rotatable bonds is 7. The molecule has 0 amide bonds. The van der Waals surface area contributed by atoms with Crippen molar-refractivity contribution in [3.63, 3.8) is 0 Å². The molecule has 6 rings (SSSR count). The Labute approximate surface area is 319 Å². The van der Waals surface area contributed by atoms with Crippen molar-refractivity contribution in [3.05, 3.63) is 184 Å². The van der Waals surface area contributed by atoms with E-state index in [-0.39, 0.29) is 5.97 Å². The lowest BCUT2D eigenvalue weighted by Gasteiger charge is -2.09. The van der Waals surface area contributed by atoms with Crippen LogP contribution in [0, 0.1) is 27.7 Å². The van der Waals surface area contributed by atoms with Crippen molar-refractivity contribution in [2.24, 2.45) is 0 Å². The van der Waals surface area contributed by atoms with Crippen molar-refractivity contribution in [2.45, 2.75) is 61.3 Å². The Hall–Kier alpha value is -6.21. The quantitative estimate of drug-likeness (QED) is 0.122. The van der Waals surface area contributed by atoms with E-state index < -0.39 is 11.9 Å². The first-order chi connectivity index (χ1) is 26.0. The van der Waals surface area contributed by atoms with E-state index in [1.165, 1.54) is 5.57 Å². The number of methoxy groups -OCH3 is 1. The molecule has 0 aliphatic heterocycles. The Morgan fingerprint density at radius 2 is 0.685 bits per heavy atom. The van der Waals surface area contributed by atoms with Crippen LogP contribution in [0.25, 0.3) is 0 Å². The van der Waals surface area contributed by atoms with Gasteiger partial charge in [-0.25, -0.2) is 14.4 Å². The molecule has 0 atom stereocenters. The minimum atomic E-state index is -0.436. The smallest absolute Gasteiger partial charge is 0.343 e. The molecule has 0 N–H and O–H groups in total. The SMILES string of the molecule is CC.COC1=CC=C(C)CC1.Cc1ccc(C(=O)Oc2ccc(OC(=O)c3ccc(C)cc3)cc2)cc1.Cc1ccc(OC(=O)c2ccc(C)cc2)cc1. The average molecular weight is 727 g/mol. The molecule has 280 valence electrons. The lowest BCUT2D eigenvalue weighted by molar-refractivity contribution is 0.0719. The van der Waals surface area contributed by atoms with Crippen LogP contribution in [0.3, 0.4) is 0 Å². The highest BCUT2D eigenvalue weighted by Gasteiger charge is 2.11. The molecule has 54 heavy (non-hydrogen) atoms. The first-order valence-electron chi connectivity index (χ1n) is 17.9. The van der Waals surface area contributed by atoms with Crippen LogP contribution >= 0.6 is 0 Å². The van der Waals surface area contributed by atoms with Crippen LogP contribution in [0.2, 0.25) is 0 Å². The number of carbonyl (C=O) groups excluding carboxylic acids is 3. The summed E-state index contributed by atoms with van der Waals surface area (Å²) in [5.74, 6) is 1.23. The lowest BCUT2D eigenvalue weighted by atomic mass is 10.1. The predicted octanol–water partition coefficient (Wildman–Crippen LogP) is 11.5. The van der Waals surface area contributed by atoms with Crippen molar-refractivity contribution in [2.75, 3.05) is 7.11 Å². The summed E-state index contributed by atoms with van der Waals surface area (Å²) in [5.41, 5.74) is 7.36. The highest BCUT2D eigenvalue weighted by Crippen LogP contribution is 2.21. The summed E-state index contributed by atoms with van der Waals surface area (Å²) in [5, 5.41) is 0. The monoisotopic (exact) mass is 726 g/mol. The molecule has 0 saturated heterocycles. The van der Waals surface area contributed by atoms with E-state index in [4.69, 9.17) is 18.9 Å². The zero-order valence-corrected chi connectivity index (χ0v) is 32.5. The van der Waals surface area contributed by atoms with Crippen LogP contribution in [0.5, 0.6) is 17.2 Å². The first kappa shape index (κ1) is 42.2. The summed E-state index contributed by atoms with van der Waals surface area (Å²) < 4.78 is 20.9. The highest BCUT2D eigenvalue weighted by atomic mass is 16.5. The van der Waals surface area contributed by atoms with E-state index in [2.05, 4.69) is 13.0 Å². The highest BCUT2D eigenvalue weighted by molar-refractivity contribution is 5.92. The van der Waals surface area contributed by atoms with Crippen LogP contribution in [0.1, 0.15) is 86.9 Å². The van der Waals surface area contributed by atoms with Gasteiger partial charge in [0, 0.05) is 6.42 Å². The number of ether oxygens (including phenoxy) is 4. The molecule has 7 nitrogen and oxygen atoms in total.